The molecule has 1 aromatic rings. The van der Waals surface area contributed by atoms with Crippen LogP contribution < -0.4 is 15.2 Å². The van der Waals surface area contributed by atoms with Crippen LogP contribution in [0.25, 0.3) is 0 Å². The minimum Gasteiger partial charge on any atom is -0.493 e. The van der Waals surface area contributed by atoms with Gasteiger partial charge in [0.15, 0.2) is 17.6 Å². The number of benzene rings is 1. The van der Waals surface area contributed by atoms with Gasteiger partial charge in [-0.05, 0) is 12.5 Å². The lowest BCUT2D eigenvalue weighted by atomic mass is 10.1. The number of para-hydroxylation sites is 1. The summed E-state index contributed by atoms with van der Waals surface area (Å²) >= 11 is 0. The minimum absolute atomic E-state index is 0.266. The molecule has 0 aliphatic carbocycles. The van der Waals surface area contributed by atoms with Gasteiger partial charge in [0, 0.05) is 12.1 Å². The number of carboxylic acids is 1. The normalized spacial score (nSPS) is 11.9. The van der Waals surface area contributed by atoms with Crippen LogP contribution in [0.15, 0.2) is 18.2 Å². The van der Waals surface area contributed by atoms with Crippen LogP contribution in [0.2, 0.25) is 0 Å². The molecule has 0 aliphatic heterocycles. The highest BCUT2D eigenvalue weighted by atomic mass is 16.5. The molecule has 1 atom stereocenters. The van der Waals surface area contributed by atoms with E-state index in [1.54, 1.807) is 25.1 Å². The summed E-state index contributed by atoms with van der Waals surface area (Å²) in [7, 11) is 1.50. The first kappa shape index (κ1) is 13.3. The number of carbonyl (C=O) groups is 1. The van der Waals surface area contributed by atoms with Crippen LogP contribution in [0.1, 0.15) is 18.9 Å². The van der Waals surface area contributed by atoms with Gasteiger partial charge in [-0.25, -0.2) is 4.79 Å². The number of aliphatic carboxylic acids is 1. The van der Waals surface area contributed by atoms with Crippen molar-refractivity contribution in [2.24, 2.45) is 5.73 Å². The van der Waals surface area contributed by atoms with Crippen molar-refractivity contribution in [3.63, 3.8) is 0 Å². The summed E-state index contributed by atoms with van der Waals surface area (Å²) in [5.74, 6) is -0.0965. The maximum absolute atomic E-state index is 10.9. The summed E-state index contributed by atoms with van der Waals surface area (Å²) in [6.07, 6.45) is -0.520. The van der Waals surface area contributed by atoms with Crippen LogP contribution in [-0.2, 0) is 11.3 Å². The quantitative estimate of drug-likeness (QED) is 0.784. The molecule has 1 aromatic carbocycles. The van der Waals surface area contributed by atoms with Gasteiger partial charge >= 0.3 is 5.97 Å². The second-order valence-electron chi connectivity index (χ2n) is 3.51. The van der Waals surface area contributed by atoms with Gasteiger partial charge in [0.25, 0.3) is 0 Å². The van der Waals surface area contributed by atoms with E-state index >= 15 is 0 Å². The van der Waals surface area contributed by atoms with E-state index in [4.69, 9.17) is 20.3 Å². The Morgan fingerprint density at radius 3 is 2.71 bits per heavy atom. The third kappa shape index (κ3) is 3.10. The Balaban J connectivity index is 3.05. The maximum Gasteiger partial charge on any atom is 0.344 e. The first-order valence-corrected chi connectivity index (χ1v) is 5.39. The molecule has 1 rings (SSSR count). The Kier molecular flexibility index (Phi) is 4.78. The Morgan fingerprint density at radius 2 is 2.24 bits per heavy atom. The van der Waals surface area contributed by atoms with E-state index in [9.17, 15) is 4.79 Å². The lowest BCUT2D eigenvalue weighted by Crippen LogP contribution is -2.26. The summed E-state index contributed by atoms with van der Waals surface area (Å²) in [5.41, 5.74) is 6.31. The number of ether oxygens (including phenoxy) is 2. The summed E-state index contributed by atoms with van der Waals surface area (Å²) in [6.45, 7) is 2.01. The first-order valence-electron chi connectivity index (χ1n) is 5.39. The second-order valence-corrected chi connectivity index (χ2v) is 3.51. The lowest BCUT2D eigenvalue weighted by molar-refractivity contribution is -0.145. The fourth-order valence-corrected chi connectivity index (χ4v) is 1.47. The lowest BCUT2D eigenvalue weighted by Gasteiger charge is -2.18. The third-order valence-electron chi connectivity index (χ3n) is 2.41. The van der Waals surface area contributed by atoms with E-state index in [2.05, 4.69) is 0 Å². The van der Waals surface area contributed by atoms with Crippen molar-refractivity contribution in [3.05, 3.63) is 23.8 Å². The Bertz CT molecular complexity index is 370. The van der Waals surface area contributed by atoms with Crippen LogP contribution in [0.5, 0.6) is 11.5 Å². The van der Waals surface area contributed by atoms with E-state index in [1.165, 1.54) is 7.11 Å². The smallest absolute Gasteiger partial charge is 0.344 e. The number of nitrogens with two attached hydrogens (primary N) is 1. The minimum atomic E-state index is -0.999. The highest BCUT2D eigenvalue weighted by Crippen LogP contribution is 2.32. The van der Waals surface area contributed by atoms with Gasteiger partial charge in [-0.15, -0.1) is 0 Å². The molecule has 0 saturated heterocycles. The second kappa shape index (κ2) is 6.10. The molecule has 94 valence electrons. The zero-order valence-electron chi connectivity index (χ0n) is 9.97. The predicted molar refractivity (Wildman–Crippen MR) is 63.2 cm³/mol. The molecule has 0 aromatic heterocycles. The molecule has 17 heavy (non-hydrogen) atoms. The summed E-state index contributed by atoms with van der Waals surface area (Å²) in [5, 5.41) is 8.96. The Hall–Kier alpha value is -1.75. The molecule has 1 unspecified atom stereocenters. The fourth-order valence-electron chi connectivity index (χ4n) is 1.47. The van der Waals surface area contributed by atoms with Crippen LogP contribution in [0.3, 0.4) is 0 Å². The Labute approximate surface area is 100 Å². The van der Waals surface area contributed by atoms with Gasteiger partial charge < -0.3 is 20.3 Å². The maximum atomic E-state index is 10.9. The van der Waals surface area contributed by atoms with Crippen molar-refractivity contribution in [2.75, 3.05) is 7.11 Å². The highest BCUT2D eigenvalue weighted by molar-refractivity contribution is 5.73. The van der Waals surface area contributed by atoms with E-state index in [0.29, 0.717) is 17.9 Å². The molecule has 5 heteroatoms. The van der Waals surface area contributed by atoms with Gasteiger partial charge in [0.2, 0.25) is 0 Å². The Morgan fingerprint density at radius 1 is 1.53 bits per heavy atom. The van der Waals surface area contributed by atoms with Crippen molar-refractivity contribution < 1.29 is 19.4 Å². The SMILES string of the molecule is CCC(Oc1c(CN)cccc1OC)C(=O)O. The molecule has 3 N–H and O–H groups in total. The molecular weight excluding hydrogens is 222 g/mol. The fraction of sp³-hybridized carbons (Fsp3) is 0.417. The van der Waals surface area contributed by atoms with Crippen molar-refractivity contribution >= 4 is 5.97 Å². The average molecular weight is 239 g/mol. The molecule has 0 radical (unpaired) electrons. The third-order valence-corrected chi connectivity index (χ3v) is 2.41. The number of carboxylic acid groups (broad SMARTS) is 1. The number of rotatable bonds is 6. The van der Waals surface area contributed by atoms with Crippen LogP contribution in [0, 0.1) is 0 Å². The zero-order valence-corrected chi connectivity index (χ0v) is 9.97. The van der Waals surface area contributed by atoms with E-state index in [1.807, 2.05) is 0 Å². The molecule has 0 aliphatic rings. The van der Waals surface area contributed by atoms with Gasteiger partial charge in [-0.1, -0.05) is 19.1 Å². The predicted octanol–water partition coefficient (Wildman–Crippen LogP) is 1.40. The summed E-state index contributed by atoms with van der Waals surface area (Å²) in [4.78, 5) is 10.9. The van der Waals surface area contributed by atoms with Crippen LogP contribution in [0.4, 0.5) is 0 Å². The molecular formula is C12H17NO4. The highest BCUT2D eigenvalue weighted by Gasteiger charge is 2.20. The van der Waals surface area contributed by atoms with E-state index in [-0.39, 0.29) is 6.54 Å². The molecule has 5 nitrogen and oxygen atoms in total. The molecule has 0 amide bonds. The van der Waals surface area contributed by atoms with Gasteiger partial charge in [0.1, 0.15) is 0 Å². The van der Waals surface area contributed by atoms with Gasteiger partial charge in [0.05, 0.1) is 7.11 Å². The average Bonchev–Trinajstić information content (AvgIpc) is 2.35. The number of hydrogen-bond acceptors (Lipinski definition) is 4. The standard InChI is InChI=1S/C12H17NO4/c1-3-9(12(14)15)17-11-8(7-13)5-4-6-10(11)16-2/h4-6,9H,3,7,13H2,1-2H3,(H,14,15). The van der Waals surface area contributed by atoms with Gasteiger partial charge in [-0.3, -0.25) is 0 Å². The largest absolute Gasteiger partial charge is 0.493 e. The molecule has 0 heterocycles. The number of hydrogen-bond donors (Lipinski definition) is 2. The van der Waals surface area contributed by atoms with Crippen molar-refractivity contribution in [3.8, 4) is 11.5 Å². The van der Waals surface area contributed by atoms with E-state index in [0.717, 1.165) is 5.56 Å². The van der Waals surface area contributed by atoms with E-state index < -0.39 is 12.1 Å². The summed E-state index contributed by atoms with van der Waals surface area (Å²) < 4.78 is 10.6. The van der Waals surface area contributed by atoms with Crippen molar-refractivity contribution in [2.45, 2.75) is 26.0 Å². The molecule has 0 bridgehead atoms. The van der Waals surface area contributed by atoms with Crippen LogP contribution >= 0.6 is 0 Å². The zero-order chi connectivity index (χ0) is 12.8. The topological polar surface area (TPSA) is 81.8 Å². The van der Waals surface area contributed by atoms with Crippen LogP contribution in [-0.4, -0.2) is 24.3 Å². The molecule has 0 fully saturated rings. The molecule has 0 saturated carbocycles. The summed E-state index contributed by atoms with van der Waals surface area (Å²) in [6, 6.07) is 5.28. The van der Waals surface area contributed by atoms with Crippen molar-refractivity contribution in [1.82, 2.24) is 0 Å². The number of methoxy groups -OCH3 is 1. The monoisotopic (exact) mass is 239 g/mol. The van der Waals surface area contributed by atoms with Gasteiger partial charge in [-0.2, -0.15) is 0 Å². The first-order chi connectivity index (χ1) is 8.13. The van der Waals surface area contributed by atoms with Crippen molar-refractivity contribution in [1.29, 1.82) is 0 Å². The molecule has 0 spiro atoms.